The maximum absolute atomic E-state index is 12.3. The lowest BCUT2D eigenvalue weighted by Gasteiger charge is -2.61. The molecule has 0 radical (unpaired) electrons. The van der Waals surface area contributed by atoms with Crippen molar-refractivity contribution < 1.29 is 9.21 Å². The Morgan fingerprint density at radius 3 is 2.63 bits per heavy atom. The van der Waals surface area contributed by atoms with E-state index in [9.17, 15) is 4.79 Å². The van der Waals surface area contributed by atoms with Crippen LogP contribution in [0.3, 0.4) is 0 Å². The summed E-state index contributed by atoms with van der Waals surface area (Å²) in [6, 6.07) is 3.52. The first kappa shape index (κ1) is 11.6. The third kappa shape index (κ3) is 1.82. The number of hydrogen-bond acceptors (Lipinski definition) is 2. The van der Waals surface area contributed by atoms with E-state index >= 15 is 0 Å². The Hall–Kier alpha value is -1.25. The lowest BCUT2D eigenvalue weighted by Crippen LogP contribution is -2.62. The van der Waals surface area contributed by atoms with E-state index in [1.165, 1.54) is 32.1 Å². The molecule has 3 nitrogen and oxygen atoms in total. The van der Waals surface area contributed by atoms with Crippen molar-refractivity contribution >= 4 is 5.91 Å². The highest BCUT2D eigenvalue weighted by molar-refractivity contribution is 5.92. The fourth-order valence-corrected chi connectivity index (χ4v) is 5.58. The summed E-state index contributed by atoms with van der Waals surface area (Å²) in [4.78, 5) is 12.3. The topological polar surface area (TPSA) is 42.2 Å². The lowest BCUT2D eigenvalue weighted by molar-refractivity contribution is -0.0682. The molecule has 0 unspecified atom stereocenters. The summed E-state index contributed by atoms with van der Waals surface area (Å²) >= 11 is 0. The predicted molar refractivity (Wildman–Crippen MR) is 71.7 cm³/mol. The van der Waals surface area contributed by atoms with Gasteiger partial charge in [-0.3, -0.25) is 4.79 Å². The maximum atomic E-state index is 12.3. The van der Waals surface area contributed by atoms with E-state index in [2.05, 4.69) is 12.2 Å². The Kier molecular flexibility index (Phi) is 2.22. The lowest BCUT2D eigenvalue weighted by atomic mass is 9.47. The Morgan fingerprint density at radius 1 is 1.32 bits per heavy atom. The first-order valence-electron chi connectivity index (χ1n) is 7.42. The molecular formula is C16H21NO2. The zero-order valence-corrected chi connectivity index (χ0v) is 11.4. The molecule has 1 heterocycles. The summed E-state index contributed by atoms with van der Waals surface area (Å²) in [7, 11) is 0. The first-order chi connectivity index (χ1) is 9.06. The van der Waals surface area contributed by atoms with Gasteiger partial charge in [-0.15, -0.1) is 0 Å². The molecule has 2 atom stereocenters. The van der Waals surface area contributed by atoms with Gasteiger partial charge < -0.3 is 9.73 Å². The molecule has 0 aliphatic heterocycles. The van der Waals surface area contributed by atoms with Gasteiger partial charge in [0, 0.05) is 5.54 Å². The molecule has 0 saturated heterocycles. The second-order valence-electron chi connectivity index (χ2n) is 7.48. The van der Waals surface area contributed by atoms with Crippen LogP contribution < -0.4 is 5.32 Å². The Bertz CT molecular complexity index is 491. The number of carbonyl (C=O) groups is 1. The standard InChI is InChI=1S/C16H21NO2/c1-15-6-11-5-12(7-15)9-16(8-11,10-15)17-14(18)13-3-2-4-19-13/h2-4,11-12H,5-10H2,1H3,(H,17,18)/t11-,12-,15?,16?/m1/s1. The van der Waals surface area contributed by atoms with Crippen molar-refractivity contribution in [1.82, 2.24) is 5.32 Å². The summed E-state index contributed by atoms with van der Waals surface area (Å²) in [5.74, 6) is 2.06. The van der Waals surface area contributed by atoms with Gasteiger partial charge in [-0.2, -0.15) is 0 Å². The molecule has 102 valence electrons. The molecule has 1 N–H and O–H groups in total. The van der Waals surface area contributed by atoms with Crippen molar-refractivity contribution in [2.24, 2.45) is 17.3 Å². The van der Waals surface area contributed by atoms with Crippen LogP contribution in [0.15, 0.2) is 22.8 Å². The number of furan rings is 1. The smallest absolute Gasteiger partial charge is 0.287 e. The van der Waals surface area contributed by atoms with Crippen LogP contribution in [-0.4, -0.2) is 11.4 Å². The van der Waals surface area contributed by atoms with Crippen LogP contribution in [0, 0.1) is 17.3 Å². The number of carbonyl (C=O) groups excluding carboxylic acids is 1. The van der Waals surface area contributed by atoms with E-state index in [0.29, 0.717) is 11.2 Å². The number of rotatable bonds is 2. The quantitative estimate of drug-likeness (QED) is 0.884. The van der Waals surface area contributed by atoms with Crippen LogP contribution in [-0.2, 0) is 0 Å². The molecule has 4 fully saturated rings. The molecule has 4 saturated carbocycles. The van der Waals surface area contributed by atoms with Gasteiger partial charge in [0.2, 0.25) is 0 Å². The van der Waals surface area contributed by atoms with Gasteiger partial charge in [0.1, 0.15) is 0 Å². The van der Waals surface area contributed by atoms with Crippen LogP contribution in [0.4, 0.5) is 0 Å². The van der Waals surface area contributed by atoms with Crippen molar-refractivity contribution in [2.75, 3.05) is 0 Å². The largest absolute Gasteiger partial charge is 0.459 e. The minimum Gasteiger partial charge on any atom is -0.459 e. The molecule has 0 aromatic carbocycles. The number of hydrogen-bond donors (Lipinski definition) is 1. The van der Waals surface area contributed by atoms with Crippen LogP contribution in [0.2, 0.25) is 0 Å². The van der Waals surface area contributed by atoms with Gasteiger partial charge >= 0.3 is 0 Å². The molecule has 4 aliphatic rings. The average Bonchev–Trinajstić information content (AvgIpc) is 2.77. The fourth-order valence-electron chi connectivity index (χ4n) is 5.58. The van der Waals surface area contributed by atoms with E-state index in [0.717, 1.165) is 18.3 Å². The number of amides is 1. The van der Waals surface area contributed by atoms with Crippen molar-refractivity contribution in [3.05, 3.63) is 24.2 Å². The summed E-state index contributed by atoms with van der Waals surface area (Å²) in [6.45, 7) is 2.41. The second-order valence-corrected chi connectivity index (χ2v) is 7.48. The molecule has 4 aliphatic carbocycles. The molecule has 3 heteroatoms. The molecule has 1 aromatic heterocycles. The van der Waals surface area contributed by atoms with E-state index in [1.54, 1.807) is 18.4 Å². The van der Waals surface area contributed by atoms with E-state index in [1.807, 2.05) is 0 Å². The maximum Gasteiger partial charge on any atom is 0.287 e. The minimum absolute atomic E-state index is 0.0319. The third-order valence-corrected chi connectivity index (χ3v) is 5.48. The Labute approximate surface area is 113 Å². The SMILES string of the molecule is CC12C[C@H]3C[C@H](C1)CC(NC(=O)c1ccco1)(C3)C2. The van der Waals surface area contributed by atoms with E-state index in [-0.39, 0.29) is 11.4 Å². The summed E-state index contributed by atoms with van der Waals surface area (Å²) < 4.78 is 5.22. The van der Waals surface area contributed by atoms with Crippen molar-refractivity contribution in [2.45, 2.75) is 51.0 Å². The van der Waals surface area contributed by atoms with Gasteiger partial charge in [0.25, 0.3) is 5.91 Å². The van der Waals surface area contributed by atoms with Crippen molar-refractivity contribution in [3.63, 3.8) is 0 Å². The third-order valence-electron chi connectivity index (χ3n) is 5.48. The molecule has 4 bridgehead atoms. The second kappa shape index (κ2) is 3.65. The zero-order chi connectivity index (χ0) is 13.1. The van der Waals surface area contributed by atoms with Crippen LogP contribution in [0.5, 0.6) is 0 Å². The highest BCUT2D eigenvalue weighted by Crippen LogP contribution is 2.61. The van der Waals surface area contributed by atoms with Gasteiger partial charge in [0.05, 0.1) is 6.26 Å². The molecular weight excluding hydrogens is 238 g/mol. The summed E-state index contributed by atoms with van der Waals surface area (Å²) in [6.07, 6.45) is 9.17. The normalized spacial score (nSPS) is 43.4. The van der Waals surface area contributed by atoms with Crippen molar-refractivity contribution in [3.8, 4) is 0 Å². The monoisotopic (exact) mass is 259 g/mol. The number of nitrogens with one attached hydrogen (secondary N) is 1. The zero-order valence-electron chi connectivity index (χ0n) is 11.4. The predicted octanol–water partition coefficient (Wildman–Crippen LogP) is 3.37. The van der Waals surface area contributed by atoms with Crippen molar-refractivity contribution in [1.29, 1.82) is 0 Å². The average molecular weight is 259 g/mol. The molecule has 19 heavy (non-hydrogen) atoms. The summed E-state index contributed by atoms with van der Waals surface area (Å²) in [5, 5.41) is 3.32. The highest BCUT2D eigenvalue weighted by Gasteiger charge is 2.56. The minimum atomic E-state index is -0.0319. The van der Waals surface area contributed by atoms with E-state index < -0.39 is 0 Å². The molecule has 0 spiro atoms. The first-order valence-corrected chi connectivity index (χ1v) is 7.42. The van der Waals surface area contributed by atoms with Crippen LogP contribution in [0.1, 0.15) is 56.0 Å². The van der Waals surface area contributed by atoms with Gasteiger partial charge in [-0.25, -0.2) is 0 Å². The highest BCUT2D eigenvalue weighted by atomic mass is 16.3. The Balaban J connectivity index is 1.59. The molecule has 5 rings (SSSR count). The summed E-state index contributed by atoms with van der Waals surface area (Å²) in [5.41, 5.74) is 0.503. The van der Waals surface area contributed by atoms with Gasteiger partial charge in [-0.05, 0) is 67.9 Å². The Morgan fingerprint density at radius 2 is 2.05 bits per heavy atom. The van der Waals surface area contributed by atoms with Crippen LogP contribution in [0.25, 0.3) is 0 Å². The fraction of sp³-hybridized carbons (Fsp3) is 0.688. The van der Waals surface area contributed by atoms with Gasteiger partial charge in [0.15, 0.2) is 5.76 Å². The molecule has 1 aromatic rings. The van der Waals surface area contributed by atoms with Gasteiger partial charge in [-0.1, -0.05) is 6.92 Å². The van der Waals surface area contributed by atoms with E-state index in [4.69, 9.17) is 4.42 Å². The van der Waals surface area contributed by atoms with Crippen LogP contribution >= 0.6 is 0 Å². The molecule has 1 amide bonds.